The fraction of sp³-hybridized carbons (Fsp3) is 0.520. The smallest absolute Gasteiger partial charge is 0.224 e. The van der Waals surface area contributed by atoms with E-state index in [2.05, 4.69) is 21.7 Å². The molecule has 7 nitrogen and oxygen atoms in total. The lowest BCUT2D eigenvalue weighted by atomic mass is 9.90. The number of amides is 2. The fourth-order valence-electron chi connectivity index (χ4n) is 4.75. The average molecular weight is 469 g/mol. The number of hydrogen-bond acceptors (Lipinski definition) is 4. The highest BCUT2D eigenvalue weighted by Crippen LogP contribution is 2.37. The first-order valence-electron chi connectivity index (χ1n) is 11.5. The molecule has 1 saturated heterocycles. The first kappa shape index (κ1) is 23.3. The number of Topliss-reactive ketones (excluding diaryl/α,β-unsaturated/α-hetero) is 1. The number of nitriles is 1. The molecule has 33 heavy (non-hydrogen) atoms. The van der Waals surface area contributed by atoms with Crippen LogP contribution in [0.25, 0.3) is 10.9 Å². The summed E-state index contributed by atoms with van der Waals surface area (Å²) in [4.78, 5) is 41.4. The number of ketones is 1. The van der Waals surface area contributed by atoms with E-state index < -0.39 is 12.0 Å². The average Bonchev–Trinajstić information content (AvgIpc) is 3.38. The number of nitrogens with one attached hydrogen (secondary N) is 3. The minimum Gasteiger partial charge on any atom is -0.351 e. The van der Waals surface area contributed by atoms with Gasteiger partial charge in [0.15, 0.2) is 5.78 Å². The largest absolute Gasteiger partial charge is 0.351 e. The molecule has 1 aliphatic heterocycles. The highest BCUT2D eigenvalue weighted by molar-refractivity contribution is 6.35. The summed E-state index contributed by atoms with van der Waals surface area (Å²) in [7, 11) is 0. The summed E-state index contributed by atoms with van der Waals surface area (Å²) in [5.41, 5.74) is 0.816. The second-order valence-electron chi connectivity index (χ2n) is 10.1. The van der Waals surface area contributed by atoms with Gasteiger partial charge in [-0.1, -0.05) is 36.6 Å². The summed E-state index contributed by atoms with van der Waals surface area (Å²) >= 11 is 6.21. The normalized spacial score (nSPS) is 21.3. The molecular formula is C25H29ClN4O3. The molecule has 2 aliphatic rings. The van der Waals surface area contributed by atoms with E-state index >= 15 is 0 Å². The van der Waals surface area contributed by atoms with Crippen LogP contribution in [0.2, 0.25) is 5.02 Å². The maximum atomic E-state index is 13.1. The first-order valence-corrected chi connectivity index (χ1v) is 11.9. The summed E-state index contributed by atoms with van der Waals surface area (Å²) in [5.74, 6) is -0.937. The molecule has 1 unspecified atom stereocenters. The van der Waals surface area contributed by atoms with Gasteiger partial charge in [0.05, 0.1) is 22.3 Å². The van der Waals surface area contributed by atoms with E-state index in [4.69, 9.17) is 11.6 Å². The molecule has 1 aromatic heterocycles. The molecule has 3 N–H and O–H groups in total. The summed E-state index contributed by atoms with van der Waals surface area (Å²) in [6.45, 7) is 3.89. The lowest BCUT2D eigenvalue weighted by molar-refractivity contribution is -0.127. The van der Waals surface area contributed by atoms with Gasteiger partial charge in [-0.2, -0.15) is 5.26 Å². The van der Waals surface area contributed by atoms with Gasteiger partial charge < -0.3 is 15.6 Å². The summed E-state index contributed by atoms with van der Waals surface area (Å²) in [5, 5.41) is 16.7. The van der Waals surface area contributed by atoms with Gasteiger partial charge in [0, 0.05) is 29.2 Å². The Bertz CT molecular complexity index is 1130. The molecule has 2 heterocycles. The molecule has 2 aromatic rings. The standard InChI is InChI=1S/C25H29ClN4O3/c1-25(2)12-17(24(33)30-25)9-18(13-27)28-23(32)16(8-14-6-7-14)11-21(31)20-10-15-4-3-5-19(26)22(15)29-20/h3-5,10,14,16-18,29H,6-9,11-12H2,1-2H3,(H,28,32)(H,30,33)/t16-,17?,18+/m1/s1. The Morgan fingerprint density at radius 2 is 2.06 bits per heavy atom. The van der Waals surface area contributed by atoms with Crippen molar-refractivity contribution in [2.45, 2.75) is 64.0 Å². The zero-order valence-electron chi connectivity index (χ0n) is 18.9. The number of rotatable bonds is 9. The highest BCUT2D eigenvalue weighted by Gasteiger charge is 2.39. The van der Waals surface area contributed by atoms with Gasteiger partial charge in [-0.15, -0.1) is 0 Å². The van der Waals surface area contributed by atoms with Gasteiger partial charge >= 0.3 is 0 Å². The van der Waals surface area contributed by atoms with E-state index in [1.54, 1.807) is 12.1 Å². The predicted octanol–water partition coefficient (Wildman–Crippen LogP) is 4.12. The first-order chi connectivity index (χ1) is 15.6. The number of fused-ring (bicyclic) bond motifs is 1. The predicted molar refractivity (Wildman–Crippen MR) is 126 cm³/mol. The van der Waals surface area contributed by atoms with E-state index in [-0.39, 0.29) is 41.9 Å². The van der Waals surface area contributed by atoms with Crippen LogP contribution in [-0.2, 0) is 9.59 Å². The molecule has 1 saturated carbocycles. The fourth-order valence-corrected chi connectivity index (χ4v) is 4.97. The Kier molecular flexibility index (Phi) is 6.49. The molecule has 2 amide bonds. The van der Waals surface area contributed by atoms with Gasteiger partial charge in [-0.05, 0) is 51.2 Å². The summed E-state index contributed by atoms with van der Waals surface area (Å²) in [6.07, 6.45) is 3.67. The maximum absolute atomic E-state index is 13.1. The molecule has 0 radical (unpaired) electrons. The van der Waals surface area contributed by atoms with Crippen molar-refractivity contribution in [3.63, 3.8) is 0 Å². The zero-order valence-corrected chi connectivity index (χ0v) is 19.7. The number of aromatic amines is 1. The molecule has 1 aliphatic carbocycles. The number of hydrogen-bond donors (Lipinski definition) is 3. The number of nitrogens with zero attached hydrogens (tertiary/aromatic N) is 1. The van der Waals surface area contributed by atoms with Crippen molar-refractivity contribution in [3.05, 3.63) is 35.0 Å². The third kappa shape index (κ3) is 5.56. The number of H-pyrrole nitrogens is 1. The van der Waals surface area contributed by atoms with Crippen LogP contribution in [0.3, 0.4) is 0 Å². The Labute approximate surface area is 198 Å². The Hall–Kier alpha value is -2.85. The molecule has 4 rings (SSSR count). The lowest BCUT2D eigenvalue weighted by Gasteiger charge is -2.20. The van der Waals surface area contributed by atoms with E-state index in [1.165, 1.54) is 0 Å². The molecule has 3 atom stereocenters. The van der Waals surface area contributed by atoms with E-state index in [0.29, 0.717) is 35.0 Å². The number of halogens is 1. The van der Waals surface area contributed by atoms with Crippen LogP contribution in [0.15, 0.2) is 24.3 Å². The van der Waals surface area contributed by atoms with Crippen LogP contribution < -0.4 is 10.6 Å². The minimum absolute atomic E-state index is 0.0574. The molecule has 2 fully saturated rings. The van der Waals surface area contributed by atoms with Crippen LogP contribution in [0, 0.1) is 29.1 Å². The van der Waals surface area contributed by atoms with Crippen molar-refractivity contribution in [2.75, 3.05) is 0 Å². The lowest BCUT2D eigenvalue weighted by Crippen LogP contribution is -2.40. The topological polar surface area (TPSA) is 115 Å². The number of carbonyl (C=O) groups is 3. The monoisotopic (exact) mass is 468 g/mol. The van der Waals surface area contributed by atoms with Crippen molar-refractivity contribution >= 4 is 40.1 Å². The van der Waals surface area contributed by atoms with Gasteiger partial charge in [0.2, 0.25) is 11.8 Å². The van der Waals surface area contributed by atoms with Crippen molar-refractivity contribution in [3.8, 4) is 6.07 Å². The molecule has 174 valence electrons. The van der Waals surface area contributed by atoms with Crippen LogP contribution in [-0.4, -0.2) is 34.2 Å². The van der Waals surface area contributed by atoms with Crippen molar-refractivity contribution in [1.29, 1.82) is 5.26 Å². The third-order valence-corrected chi connectivity index (χ3v) is 6.92. The molecule has 1 aromatic carbocycles. The second kappa shape index (κ2) is 9.18. The SMILES string of the molecule is CC1(C)CC(C[C@@H](C#N)NC(=O)[C@@H](CC(=O)c2cc3cccc(Cl)c3[nH]2)CC2CC2)C(=O)N1. The number of benzene rings is 1. The van der Waals surface area contributed by atoms with Gasteiger partial charge in [-0.25, -0.2) is 0 Å². The minimum atomic E-state index is -0.772. The Balaban J connectivity index is 1.43. The van der Waals surface area contributed by atoms with Gasteiger partial charge in [0.1, 0.15) is 6.04 Å². The van der Waals surface area contributed by atoms with E-state index in [1.807, 2.05) is 26.0 Å². The second-order valence-corrected chi connectivity index (χ2v) is 10.5. The maximum Gasteiger partial charge on any atom is 0.224 e. The van der Waals surface area contributed by atoms with Crippen LogP contribution in [0.4, 0.5) is 0 Å². The van der Waals surface area contributed by atoms with E-state index in [0.717, 1.165) is 18.2 Å². The van der Waals surface area contributed by atoms with Crippen molar-refractivity contribution in [1.82, 2.24) is 15.6 Å². The highest BCUT2D eigenvalue weighted by atomic mass is 35.5. The molecular weight excluding hydrogens is 440 g/mol. The Morgan fingerprint density at radius 1 is 1.30 bits per heavy atom. The van der Waals surface area contributed by atoms with Gasteiger partial charge in [0.25, 0.3) is 0 Å². The van der Waals surface area contributed by atoms with Gasteiger partial charge in [-0.3, -0.25) is 14.4 Å². The van der Waals surface area contributed by atoms with Crippen molar-refractivity contribution < 1.29 is 14.4 Å². The third-order valence-electron chi connectivity index (χ3n) is 6.60. The zero-order chi connectivity index (χ0) is 23.8. The Morgan fingerprint density at radius 3 is 2.67 bits per heavy atom. The van der Waals surface area contributed by atoms with Crippen molar-refractivity contribution in [2.24, 2.45) is 17.8 Å². The van der Waals surface area contributed by atoms with Crippen LogP contribution in [0.5, 0.6) is 0 Å². The number of carbonyl (C=O) groups excluding carboxylic acids is 3. The van der Waals surface area contributed by atoms with E-state index in [9.17, 15) is 19.6 Å². The van der Waals surface area contributed by atoms with Crippen LogP contribution >= 0.6 is 11.6 Å². The van der Waals surface area contributed by atoms with Crippen LogP contribution in [0.1, 0.15) is 62.9 Å². The number of para-hydroxylation sites is 1. The molecule has 8 heteroatoms. The summed E-state index contributed by atoms with van der Waals surface area (Å²) in [6, 6.07) is 8.56. The summed E-state index contributed by atoms with van der Waals surface area (Å²) < 4.78 is 0. The number of aromatic nitrogens is 1. The quantitative estimate of drug-likeness (QED) is 0.480. The molecule has 0 bridgehead atoms. The molecule has 0 spiro atoms.